The molecule has 0 atom stereocenters. The molecule has 0 fully saturated rings. The monoisotopic (exact) mass is 450 g/mol. The maximum absolute atomic E-state index is 13.4. The van der Waals surface area contributed by atoms with Crippen molar-refractivity contribution < 1.29 is 17.7 Å². The Morgan fingerprint density at radius 2 is 1.03 bits per heavy atom. The lowest BCUT2D eigenvalue weighted by molar-refractivity contribution is -0.722. The van der Waals surface area contributed by atoms with Crippen LogP contribution in [0.25, 0.3) is 24.3 Å². The lowest BCUT2D eigenvalue weighted by Gasteiger charge is -2.08. The van der Waals surface area contributed by atoms with E-state index in [1.807, 2.05) is 36.4 Å². The molecule has 0 N–H and O–H groups in total. The van der Waals surface area contributed by atoms with Gasteiger partial charge in [0.05, 0.1) is 0 Å². The molecule has 0 aliphatic carbocycles. The largest absolute Gasteiger partial charge is 0.448 e. The van der Waals surface area contributed by atoms with Gasteiger partial charge in [-0.3, -0.25) is 0 Å². The first-order valence-electron chi connectivity index (χ1n) is 11.3. The zero-order valence-electron chi connectivity index (χ0n) is 19.6. The van der Waals surface area contributed by atoms with Crippen molar-refractivity contribution in [1.29, 1.82) is 0 Å². The number of benzene rings is 2. The van der Waals surface area contributed by atoms with Crippen LogP contribution in [-0.2, 0) is 6.54 Å². The third-order valence-corrected chi connectivity index (χ3v) is 5.59. The van der Waals surface area contributed by atoms with Crippen LogP contribution in [0.2, 0.25) is 0 Å². The van der Waals surface area contributed by atoms with Crippen molar-refractivity contribution in [2.24, 2.45) is 0 Å². The van der Waals surface area contributed by atoms with Gasteiger partial charge < -0.3 is 0 Å². The minimum absolute atomic E-state index is 0.432. The van der Waals surface area contributed by atoms with Crippen LogP contribution in [0.4, 0.5) is 13.2 Å². The lowest BCUT2D eigenvalue weighted by Crippen LogP contribution is -2.46. The van der Waals surface area contributed by atoms with Gasteiger partial charge in [-0.05, 0) is 52.3 Å². The Labute approximate surface area is 194 Å². The third-order valence-electron chi connectivity index (χ3n) is 5.59. The Bertz CT molecular complexity index is 1020. The summed E-state index contributed by atoms with van der Waals surface area (Å²) in [6.45, 7) is 7.46. The molecule has 3 aromatic rings. The maximum atomic E-state index is 13.4. The fraction of sp³-hybridized carbons (Fsp3) is 0.276. The van der Waals surface area contributed by atoms with Gasteiger partial charge in [-0.25, -0.2) is 0 Å². The quantitative estimate of drug-likeness (QED) is 0.320. The molecule has 0 aliphatic heterocycles. The Morgan fingerprint density at radius 1 is 0.636 bits per heavy atom. The van der Waals surface area contributed by atoms with Gasteiger partial charge in [-0.1, -0.05) is 76.2 Å². The number of nitrogens with zero attached hydrogens (tertiary/aromatic N) is 1. The smallest absolute Gasteiger partial charge is 0.183 e. The summed E-state index contributed by atoms with van der Waals surface area (Å²) in [4.78, 5) is 0. The second kappa shape index (κ2) is 10.7. The Kier molecular flexibility index (Phi) is 7.91. The zero-order valence-corrected chi connectivity index (χ0v) is 19.6. The predicted octanol–water partition coefficient (Wildman–Crippen LogP) is 8.12. The van der Waals surface area contributed by atoms with Gasteiger partial charge in [-0.15, -0.1) is 0 Å². The van der Waals surface area contributed by atoms with Gasteiger partial charge in [0.15, 0.2) is 0 Å². The highest BCUT2D eigenvalue weighted by Gasteiger charge is 2.35. The molecular formula is C29H31F3N+. The topological polar surface area (TPSA) is 3.88 Å². The van der Waals surface area contributed by atoms with E-state index in [-0.39, 0.29) is 0 Å². The molecule has 4 heteroatoms. The summed E-state index contributed by atoms with van der Waals surface area (Å²) in [7, 11) is 0. The lowest BCUT2D eigenvalue weighted by atomic mass is 10.0. The summed E-state index contributed by atoms with van der Waals surface area (Å²) in [5, 5.41) is 0. The van der Waals surface area contributed by atoms with Gasteiger partial charge >= 0.3 is 6.18 Å². The van der Waals surface area contributed by atoms with Crippen molar-refractivity contribution in [2.45, 2.75) is 52.3 Å². The van der Waals surface area contributed by atoms with Crippen LogP contribution < -0.4 is 4.57 Å². The Balaban J connectivity index is 1.91. The number of halogens is 3. The van der Waals surface area contributed by atoms with Crippen LogP contribution in [0.1, 0.15) is 73.2 Å². The van der Waals surface area contributed by atoms with E-state index in [0.717, 1.165) is 11.1 Å². The van der Waals surface area contributed by atoms with Gasteiger partial charge in [-0.2, -0.15) is 17.7 Å². The molecule has 0 saturated heterocycles. The van der Waals surface area contributed by atoms with Gasteiger partial charge in [0.25, 0.3) is 0 Å². The van der Waals surface area contributed by atoms with Crippen LogP contribution in [0.15, 0.2) is 66.7 Å². The molecule has 172 valence electrons. The fourth-order valence-electron chi connectivity index (χ4n) is 3.57. The Hall–Kier alpha value is -3.14. The van der Waals surface area contributed by atoms with Crippen molar-refractivity contribution in [3.8, 4) is 0 Å². The molecule has 2 aromatic carbocycles. The average Bonchev–Trinajstić information content (AvgIpc) is 2.77. The second-order valence-corrected chi connectivity index (χ2v) is 8.89. The highest BCUT2D eigenvalue weighted by Crippen LogP contribution is 2.19. The highest BCUT2D eigenvalue weighted by atomic mass is 19.4. The predicted molar refractivity (Wildman–Crippen MR) is 132 cm³/mol. The van der Waals surface area contributed by atoms with Gasteiger partial charge in [0.1, 0.15) is 0 Å². The molecule has 0 saturated carbocycles. The summed E-state index contributed by atoms with van der Waals surface area (Å²) >= 11 is 0. The average molecular weight is 451 g/mol. The molecule has 0 bridgehead atoms. The molecule has 33 heavy (non-hydrogen) atoms. The van der Waals surface area contributed by atoms with E-state index in [2.05, 4.69) is 52.0 Å². The summed E-state index contributed by atoms with van der Waals surface area (Å²) in [6.07, 6.45) is 2.86. The minimum atomic E-state index is -4.32. The van der Waals surface area contributed by atoms with Gasteiger partial charge in [0.2, 0.25) is 17.9 Å². The first kappa shape index (κ1) is 24.5. The summed E-state index contributed by atoms with van der Waals surface area (Å²) in [5.74, 6) is 0.865. The van der Waals surface area contributed by atoms with E-state index < -0.39 is 12.7 Å². The SMILES string of the molecule is CC(C)c1ccc(/C=C/c2cccc(/C=C/c3ccc(C(C)C)cc3)[n+]2CC(F)(F)F)cc1. The first-order chi connectivity index (χ1) is 15.6. The van der Waals surface area contributed by atoms with Crippen LogP contribution >= 0.6 is 0 Å². The van der Waals surface area contributed by atoms with Crippen molar-refractivity contribution in [1.82, 2.24) is 0 Å². The van der Waals surface area contributed by atoms with Crippen molar-refractivity contribution >= 4 is 24.3 Å². The van der Waals surface area contributed by atoms with E-state index >= 15 is 0 Å². The van der Waals surface area contributed by atoms with Crippen molar-refractivity contribution in [2.75, 3.05) is 0 Å². The number of hydrogen-bond acceptors (Lipinski definition) is 0. The number of aromatic nitrogens is 1. The van der Waals surface area contributed by atoms with Crippen LogP contribution in [0, 0.1) is 0 Å². The van der Waals surface area contributed by atoms with Gasteiger partial charge in [0, 0.05) is 24.3 Å². The number of pyridine rings is 1. The zero-order chi connectivity index (χ0) is 24.0. The normalized spacial score (nSPS) is 12.5. The third kappa shape index (κ3) is 7.18. The first-order valence-corrected chi connectivity index (χ1v) is 11.3. The number of alkyl halides is 3. The molecule has 1 nitrogen and oxygen atoms in total. The summed E-state index contributed by atoms with van der Waals surface area (Å²) in [5.41, 5.74) is 5.35. The standard InChI is InChI=1S/C29H31F3N/c1-21(2)25-14-8-23(9-15-25)12-18-27-6-5-7-28(33(27)20-29(30,31)32)19-13-24-10-16-26(17-11-24)22(3)4/h5-19,21-22H,20H2,1-4H3/q+1/b18-12+,19-13+. The molecular weight excluding hydrogens is 419 g/mol. The van der Waals surface area contributed by atoms with E-state index in [1.54, 1.807) is 30.4 Å². The molecule has 0 radical (unpaired) electrons. The van der Waals surface area contributed by atoms with Crippen LogP contribution in [-0.4, -0.2) is 6.18 Å². The van der Waals surface area contributed by atoms with Crippen LogP contribution in [0.3, 0.4) is 0 Å². The van der Waals surface area contributed by atoms with E-state index in [0.29, 0.717) is 23.2 Å². The van der Waals surface area contributed by atoms with E-state index in [4.69, 9.17) is 0 Å². The summed E-state index contributed by atoms with van der Waals surface area (Å²) < 4.78 is 41.5. The van der Waals surface area contributed by atoms with Crippen molar-refractivity contribution in [3.63, 3.8) is 0 Å². The number of hydrogen-bond donors (Lipinski definition) is 0. The second-order valence-electron chi connectivity index (χ2n) is 8.89. The maximum Gasteiger partial charge on any atom is 0.448 e. The summed E-state index contributed by atoms with van der Waals surface area (Å²) in [6, 6.07) is 21.4. The number of rotatable bonds is 7. The Morgan fingerprint density at radius 3 is 1.36 bits per heavy atom. The molecule has 0 spiro atoms. The molecule has 1 aromatic heterocycles. The molecule has 3 rings (SSSR count). The van der Waals surface area contributed by atoms with Crippen molar-refractivity contribution in [3.05, 3.63) is 100 Å². The van der Waals surface area contributed by atoms with E-state index in [1.165, 1.54) is 15.7 Å². The minimum Gasteiger partial charge on any atom is -0.183 e. The highest BCUT2D eigenvalue weighted by molar-refractivity contribution is 5.69. The molecule has 1 heterocycles. The van der Waals surface area contributed by atoms with E-state index in [9.17, 15) is 13.2 Å². The molecule has 0 aliphatic rings. The van der Waals surface area contributed by atoms with Crippen LogP contribution in [0.5, 0.6) is 0 Å². The molecule has 0 unspecified atom stereocenters. The fourth-order valence-corrected chi connectivity index (χ4v) is 3.57. The molecule has 0 amide bonds.